The Balaban J connectivity index is 1.23. The second-order valence-corrected chi connectivity index (χ2v) is 9.01. The number of nitrogens with one attached hydrogen (secondary N) is 1. The molecule has 1 aliphatic carbocycles. The fourth-order valence-electron chi connectivity index (χ4n) is 5.32. The lowest BCUT2D eigenvalue weighted by molar-refractivity contribution is -0.155. The van der Waals surface area contributed by atoms with Crippen LogP contribution in [0, 0.1) is 0 Å². The maximum atomic E-state index is 13.0. The largest absolute Gasteiger partial charge is 0.490 e. The van der Waals surface area contributed by atoms with E-state index in [0.29, 0.717) is 11.8 Å². The number of piperazine rings is 1. The highest BCUT2D eigenvalue weighted by molar-refractivity contribution is 6.23. The van der Waals surface area contributed by atoms with Crippen LogP contribution in [0.5, 0.6) is 5.75 Å². The van der Waals surface area contributed by atoms with Crippen LogP contribution in [-0.2, 0) is 14.4 Å². The summed E-state index contributed by atoms with van der Waals surface area (Å²) in [4.78, 5) is 58.2. The molecule has 4 amide bonds. The van der Waals surface area contributed by atoms with Crippen molar-refractivity contribution in [3.63, 3.8) is 0 Å². The van der Waals surface area contributed by atoms with Gasteiger partial charge < -0.3 is 9.57 Å². The number of imide groups is 2. The van der Waals surface area contributed by atoms with Crippen LogP contribution in [0.1, 0.15) is 52.8 Å². The van der Waals surface area contributed by atoms with Gasteiger partial charge in [0.15, 0.2) is 0 Å². The number of carbonyl (C=O) groups excluding carboxylic acids is 4. The summed E-state index contributed by atoms with van der Waals surface area (Å²) in [6.45, 7) is 3.72. The number of amides is 4. The van der Waals surface area contributed by atoms with Gasteiger partial charge in [-0.15, -0.1) is 0 Å². The Kier molecular flexibility index (Phi) is 5.90. The summed E-state index contributed by atoms with van der Waals surface area (Å²) in [6.07, 6.45) is 3.19. The van der Waals surface area contributed by atoms with Crippen LogP contribution in [0.2, 0.25) is 0 Å². The number of hydrogen-bond donors (Lipinski definition) is 1. The normalized spacial score (nSPS) is 28.9. The first-order chi connectivity index (χ1) is 15.9. The molecule has 3 aliphatic heterocycles. The van der Waals surface area contributed by atoms with Crippen molar-refractivity contribution in [2.24, 2.45) is 0 Å². The van der Waals surface area contributed by atoms with Crippen LogP contribution >= 0.6 is 0 Å². The summed E-state index contributed by atoms with van der Waals surface area (Å²) in [5.74, 6) is -1.48. The minimum Gasteiger partial charge on any atom is -0.490 e. The predicted molar refractivity (Wildman–Crippen MR) is 115 cm³/mol. The molecule has 1 saturated carbocycles. The van der Waals surface area contributed by atoms with Gasteiger partial charge in [-0.25, -0.2) is 0 Å². The Morgan fingerprint density at radius 3 is 2.42 bits per heavy atom. The number of hydroxylamine groups is 2. The maximum absolute atomic E-state index is 13.0. The van der Waals surface area contributed by atoms with Crippen molar-refractivity contribution in [1.29, 1.82) is 0 Å². The van der Waals surface area contributed by atoms with Gasteiger partial charge in [-0.2, -0.15) is 5.06 Å². The molecule has 3 atom stereocenters. The predicted octanol–water partition coefficient (Wildman–Crippen LogP) is 0.567. The molecule has 0 bridgehead atoms. The van der Waals surface area contributed by atoms with Crippen LogP contribution in [0.25, 0.3) is 0 Å². The van der Waals surface area contributed by atoms with Crippen LogP contribution in [-0.4, -0.2) is 90.0 Å². The molecular weight excluding hydrogens is 428 g/mol. The van der Waals surface area contributed by atoms with Crippen LogP contribution < -0.4 is 10.1 Å². The van der Waals surface area contributed by atoms with E-state index in [9.17, 15) is 19.2 Å². The van der Waals surface area contributed by atoms with E-state index in [0.717, 1.165) is 50.3 Å². The highest BCUT2D eigenvalue weighted by Gasteiger charge is 2.45. The molecule has 10 heteroatoms. The van der Waals surface area contributed by atoms with Crippen molar-refractivity contribution in [3.05, 3.63) is 29.3 Å². The van der Waals surface area contributed by atoms with E-state index in [1.807, 2.05) is 5.06 Å². The molecule has 3 heterocycles. The molecular formula is C23H28N4O6. The van der Waals surface area contributed by atoms with E-state index in [1.54, 1.807) is 25.3 Å². The number of benzene rings is 1. The summed E-state index contributed by atoms with van der Waals surface area (Å²) in [7, 11) is 1.70. The van der Waals surface area contributed by atoms with Gasteiger partial charge in [-0.1, -0.05) is 0 Å². The Morgan fingerprint density at radius 1 is 0.939 bits per heavy atom. The average Bonchev–Trinajstić information content (AvgIpc) is 3.37. The molecule has 3 fully saturated rings. The lowest BCUT2D eigenvalue weighted by atomic mass is 10.0. The van der Waals surface area contributed by atoms with Crippen molar-refractivity contribution < 1.29 is 28.8 Å². The van der Waals surface area contributed by atoms with Crippen molar-refractivity contribution in [3.8, 4) is 5.75 Å². The van der Waals surface area contributed by atoms with Gasteiger partial charge in [0.1, 0.15) is 17.9 Å². The zero-order chi connectivity index (χ0) is 23.1. The van der Waals surface area contributed by atoms with E-state index >= 15 is 0 Å². The van der Waals surface area contributed by atoms with E-state index < -0.39 is 23.8 Å². The van der Waals surface area contributed by atoms with Crippen molar-refractivity contribution in [2.45, 2.75) is 50.3 Å². The first kappa shape index (κ1) is 22.0. The van der Waals surface area contributed by atoms with Gasteiger partial charge in [0.25, 0.3) is 11.8 Å². The number of hydrogen-bond acceptors (Lipinski definition) is 8. The summed E-state index contributed by atoms with van der Waals surface area (Å²) in [5.41, 5.74) is 0.504. The van der Waals surface area contributed by atoms with E-state index in [4.69, 9.17) is 9.57 Å². The third kappa shape index (κ3) is 4.14. The summed E-state index contributed by atoms with van der Waals surface area (Å²) < 4.78 is 6.20. The van der Waals surface area contributed by atoms with Gasteiger partial charge in [-0.3, -0.25) is 34.3 Å². The SMILES string of the molecule is CON1CCN([C@@H]2CC[C@H](Oc3ccc4c(c3)C(=O)N(C3CCC(=O)NC3=O)C4=O)C2)CC1. The van der Waals surface area contributed by atoms with Crippen LogP contribution in [0.4, 0.5) is 0 Å². The average molecular weight is 456 g/mol. The Morgan fingerprint density at radius 2 is 1.70 bits per heavy atom. The molecule has 10 nitrogen and oxygen atoms in total. The summed E-state index contributed by atoms with van der Waals surface area (Å²) in [5, 5.41) is 4.18. The van der Waals surface area contributed by atoms with Crippen LogP contribution in [0.3, 0.4) is 0 Å². The second-order valence-electron chi connectivity index (χ2n) is 9.01. The second kappa shape index (κ2) is 8.85. The van der Waals surface area contributed by atoms with E-state index in [2.05, 4.69) is 10.2 Å². The quantitative estimate of drug-likeness (QED) is 0.641. The van der Waals surface area contributed by atoms with Crippen molar-refractivity contribution in [1.82, 2.24) is 20.2 Å². The minimum absolute atomic E-state index is 0.0481. The summed E-state index contributed by atoms with van der Waals surface area (Å²) in [6, 6.07) is 4.41. The first-order valence-corrected chi connectivity index (χ1v) is 11.5. The van der Waals surface area contributed by atoms with Gasteiger partial charge in [0, 0.05) is 38.6 Å². The van der Waals surface area contributed by atoms with E-state index in [1.165, 1.54) is 0 Å². The number of ether oxygens (including phenoxy) is 1. The van der Waals surface area contributed by atoms with Crippen LogP contribution in [0.15, 0.2) is 18.2 Å². The third-order valence-electron chi connectivity index (χ3n) is 7.12. The molecule has 4 aliphatic rings. The van der Waals surface area contributed by atoms with Crippen molar-refractivity contribution >= 4 is 23.6 Å². The first-order valence-electron chi connectivity index (χ1n) is 11.5. The lowest BCUT2D eigenvalue weighted by Gasteiger charge is -2.36. The Hall–Kier alpha value is -2.82. The van der Waals surface area contributed by atoms with Gasteiger partial charge in [0.2, 0.25) is 11.8 Å². The lowest BCUT2D eigenvalue weighted by Crippen LogP contribution is -2.54. The molecule has 1 aromatic carbocycles. The fourth-order valence-corrected chi connectivity index (χ4v) is 5.32. The number of piperidine rings is 1. The highest BCUT2D eigenvalue weighted by Crippen LogP contribution is 2.33. The minimum atomic E-state index is -0.964. The zero-order valence-corrected chi connectivity index (χ0v) is 18.6. The number of fused-ring (bicyclic) bond motifs is 1. The number of nitrogens with zero attached hydrogens (tertiary/aromatic N) is 3. The molecule has 0 aromatic heterocycles. The third-order valence-corrected chi connectivity index (χ3v) is 7.12. The summed E-state index contributed by atoms with van der Waals surface area (Å²) >= 11 is 0. The Bertz CT molecular complexity index is 989. The number of rotatable bonds is 5. The molecule has 1 aromatic rings. The van der Waals surface area contributed by atoms with E-state index in [-0.39, 0.29) is 36.0 Å². The molecule has 1 N–H and O–H groups in total. The highest BCUT2D eigenvalue weighted by atomic mass is 16.7. The molecule has 33 heavy (non-hydrogen) atoms. The Labute approximate surface area is 191 Å². The maximum Gasteiger partial charge on any atom is 0.262 e. The standard InChI is InChI=1S/C23H28N4O6/c1-32-26-10-8-25(9-11-26)14-2-3-15(12-14)33-16-4-5-17-18(13-16)23(31)27(22(17)30)19-6-7-20(28)24-21(19)29/h4-5,13-15,19H,2-3,6-12H2,1H3,(H,24,28,29)/t14-,15+,19?/m1/s1. The molecule has 2 saturated heterocycles. The molecule has 0 radical (unpaired) electrons. The number of carbonyl (C=O) groups is 4. The molecule has 1 unspecified atom stereocenters. The monoisotopic (exact) mass is 456 g/mol. The smallest absolute Gasteiger partial charge is 0.262 e. The van der Waals surface area contributed by atoms with Gasteiger partial charge >= 0.3 is 0 Å². The van der Waals surface area contributed by atoms with Gasteiger partial charge in [0.05, 0.1) is 18.2 Å². The topological polar surface area (TPSA) is 108 Å². The molecule has 176 valence electrons. The van der Waals surface area contributed by atoms with Gasteiger partial charge in [-0.05, 0) is 43.9 Å². The van der Waals surface area contributed by atoms with Crippen molar-refractivity contribution in [2.75, 3.05) is 33.3 Å². The molecule has 5 rings (SSSR count). The fraction of sp³-hybridized carbons (Fsp3) is 0.565. The molecule has 0 spiro atoms. The zero-order valence-electron chi connectivity index (χ0n) is 18.6.